The number of carbonyl (C=O) groups excluding carboxylic acids is 2. The molecule has 0 aliphatic heterocycles. The van der Waals surface area contributed by atoms with Crippen LogP contribution in [0.3, 0.4) is 0 Å². The van der Waals surface area contributed by atoms with Gasteiger partial charge < -0.3 is 10.1 Å². The molecule has 0 atom stereocenters. The highest BCUT2D eigenvalue weighted by atomic mass is 19.1. The average Bonchev–Trinajstić information content (AvgIpc) is 2.41. The Morgan fingerprint density at radius 1 is 1.30 bits per heavy atom. The van der Waals surface area contributed by atoms with Crippen molar-refractivity contribution in [1.82, 2.24) is 10.7 Å². The lowest BCUT2D eigenvalue weighted by Gasteiger charge is -2.03. The van der Waals surface area contributed by atoms with E-state index in [2.05, 4.69) is 15.8 Å². The van der Waals surface area contributed by atoms with Gasteiger partial charge in [-0.25, -0.2) is 9.82 Å². The monoisotopic (exact) mass is 281 g/mol. The molecular weight excluding hydrogens is 265 g/mol. The minimum absolute atomic E-state index is 0.315. The second-order valence-corrected chi connectivity index (χ2v) is 3.86. The third-order valence-corrected chi connectivity index (χ3v) is 2.22. The Morgan fingerprint density at radius 2 is 2.00 bits per heavy atom. The lowest BCUT2D eigenvalue weighted by molar-refractivity contribution is -0.129. The Bertz CT molecular complexity index is 474. The Balaban J connectivity index is 2.28. The van der Waals surface area contributed by atoms with Gasteiger partial charge in [-0.2, -0.15) is 5.10 Å². The molecule has 6 nitrogen and oxygen atoms in total. The SMILES string of the molecule is COCCNC(=O)CC(=O)N/N=C/c1ccc(F)cc1. The Hall–Kier alpha value is -2.28. The summed E-state index contributed by atoms with van der Waals surface area (Å²) in [7, 11) is 1.52. The van der Waals surface area contributed by atoms with Crippen molar-refractivity contribution in [3.63, 3.8) is 0 Å². The van der Waals surface area contributed by atoms with Crippen LogP contribution in [0.1, 0.15) is 12.0 Å². The molecule has 0 aromatic heterocycles. The highest BCUT2D eigenvalue weighted by Gasteiger charge is 2.07. The molecule has 108 valence electrons. The summed E-state index contributed by atoms with van der Waals surface area (Å²) in [6.07, 6.45) is 1.05. The maximum absolute atomic E-state index is 12.6. The topological polar surface area (TPSA) is 79.8 Å². The molecule has 0 aliphatic carbocycles. The van der Waals surface area contributed by atoms with Crippen molar-refractivity contribution in [3.05, 3.63) is 35.6 Å². The molecule has 7 heteroatoms. The lowest BCUT2D eigenvalue weighted by atomic mass is 10.2. The van der Waals surface area contributed by atoms with Crippen LogP contribution < -0.4 is 10.7 Å². The van der Waals surface area contributed by atoms with Crippen molar-refractivity contribution in [1.29, 1.82) is 0 Å². The van der Waals surface area contributed by atoms with Crippen molar-refractivity contribution in [2.45, 2.75) is 6.42 Å². The quantitative estimate of drug-likeness (QED) is 0.329. The third kappa shape index (κ3) is 6.60. The van der Waals surface area contributed by atoms with Crippen LogP contribution in [0.2, 0.25) is 0 Å². The van der Waals surface area contributed by atoms with E-state index in [-0.39, 0.29) is 12.2 Å². The number of nitrogens with zero attached hydrogens (tertiary/aromatic N) is 1. The molecule has 0 saturated carbocycles. The summed E-state index contributed by atoms with van der Waals surface area (Å²) in [5.74, 6) is -1.28. The summed E-state index contributed by atoms with van der Waals surface area (Å²) >= 11 is 0. The summed E-state index contributed by atoms with van der Waals surface area (Å²) in [6, 6.07) is 5.60. The van der Waals surface area contributed by atoms with Gasteiger partial charge in [0, 0.05) is 13.7 Å². The van der Waals surface area contributed by atoms with E-state index < -0.39 is 11.8 Å². The fourth-order valence-electron chi connectivity index (χ4n) is 1.27. The van der Waals surface area contributed by atoms with Gasteiger partial charge in [0.15, 0.2) is 0 Å². The van der Waals surface area contributed by atoms with Crippen LogP contribution >= 0.6 is 0 Å². The van der Waals surface area contributed by atoms with Gasteiger partial charge in [-0.15, -0.1) is 0 Å². The zero-order valence-corrected chi connectivity index (χ0v) is 11.1. The number of hydrogen-bond donors (Lipinski definition) is 2. The molecule has 0 fully saturated rings. The van der Waals surface area contributed by atoms with E-state index in [1.165, 1.54) is 37.6 Å². The van der Waals surface area contributed by atoms with Crippen LogP contribution in [-0.2, 0) is 14.3 Å². The molecule has 0 unspecified atom stereocenters. The predicted molar refractivity (Wildman–Crippen MR) is 71.6 cm³/mol. The number of hydrazone groups is 1. The number of rotatable bonds is 7. The largest absolute Gasteiger partial charge is 0.383 e. The molecule has 0 spiro atoms. The second kappa shape index (κ2) is 8.76. The van der Waals surface area contributed by atoms with E-state index in [1.807, 2.05) is 0 Å². The fourth-order valence-corrected chi connectivity index (χ4v) is 1.27. The van der Waals surface area contributed by atoms with Crippen LogP contribution in [0.5, 0.6) is 0 Å². The smallest absolute Gasteiger partial charge is 0.249 e. The molecule has 0 heterocycles. The maximum Gasteiger partial charge on any atom is 0.249 e. The van der Waals surface area contributed by atoms with Gasteiger partial charge in [0.2, 0.25) is 11.8 Å². The van der Waals surface area contributed by atoms with Gasteiger partial charge in [-0.1, -0.05) is 12.1 Å². The molecule has 2 N–H and O–H groups in total. The highest BCUT2D eigenvalue weighted by molar-refractivity contribution is 5.97. The number of hydrogen-bond acceptors (Lipinski definition) is 4. The number of ether oxygens (including phenoxy) is 1. The summed E-state index contributed by atoms with van der Waals surface area (Å²) in [5, 5.41) is 6.18. The number of benzene rings is 1. The molecule has 20 heavy (non-hydrogen) atoms. The van der Waals surface area contributed by atoms with Crippen LogP contribution in [-0.4, -0.2) is 38.3 Å². The number of carbonyl (C=O) groups is 2. The normalized spacial score (nSPS) is 10.5. The van der Waals surface area contributed by atoms with Gasteiger partial charge >= 0.3 is 0 Å². The first-order chi connectivity index (χ1) is 9.61. The third-order valence-electron chi connectivity index (χ3n) is 2.22. The minimum Gasteiger partial charge on any atom is -0.383 e. The van der Waals surface area contributed by atoms with Gasteiger partial charge in [0.05, 0.1) is 12.8 Å². The zero-order valence-electron chi connectivity index (χ0n) is 11.1. The Morgan fingerprint density at radius 3 is 2.65 bits per heavy atom. The first-order valence-corrected chi connectivity index (χ1v) is 5.95. The van der Waals surface area contributed by atoms with Crippen LogP contribution in [0.25, 0.3) is 0 Å². The number of halogens is 1. The van der Waals surface area contributed by atoms with Gasteiger partial charge in [-0.05, 0) is 17.7 Å². The lowest BCUT2D eigenvalue weighted by Crippen LogP contribution is -2.31. The van der Waals surface area contributed by atoms with Gasteiger partial charge in [0.25, 0.3) is 0 Å². The molecule has 2 amide bonds. The molecule has 0 saturated heterocycles. The summed E-state index contributed by atoms with van der Waals surface area (Å²) in [4.78, 5) is 22.6. The maximum atomic E-state index is 12.6. The molecule has 1 aromatic rings. The highest BCUT2D eigenvalue weighted by Crippen LogP contribution is 1.99. The average molecular weight is 281 g/mol. The molecular formula is C13H16FN3O3. The second-order valence-electron chi connectivity index (χ2n) is 3.86. The number of amides is 2. The van der Waals surface area contributed by atoms with Crippen molar-refractivity contribution in [2.24, 2.45) is 5.10 Å². The predicted octanol–water partition coefficient (Wildman–Crippen LogP) is 0.429. The molecule has 0 bridgehead atoms. The summed E-state index contributed by atoms with van der Waals surface area (Å²) in [5.41, 5.74) is 2.85. The van der Waals surface area contributed by atoms with E-state index >= 15 is 0 Å². The van der Waals surface area contributed by atoms with E-state index in [1.54, 1.807) is 0 Å². The van der Waals surface area contributed by atoms with Crippen molar-refractivity contribution in [3.8, 4) is 0 Å². The zero-order chi connectivity index (χ0) is 14.8. The van der Waals surface area contributed by atoms with Gasteiger partial charge in [0.1, 0.15) is 12.2 Å². The first-order valence-electron chi connectivity index (χ1n) is 5.95. The van der Waals surface area contributed by atoms with E-state index in [0.29, 0.717) is 18.7 Å². The van der Waals surface area contributed by atoms with Gasteiger partial charge in [-0.3, -0.25) is 9.59 Å². The molecule has 1 aromatic carbocycles. The van der Waals surface area contributed by atoms with Crippen molar-refractivity contribution >= 4 is 18.0 Å². The Kier molecular flexibility index (Phi) is 6.91. The van der Waals surface area contributed by atoms with Crippen molar-refractivity contribution in [2.75, 3.05) is 20.3 Å². The van der Waals surface area contributed by atoms with E-state index in [9.17, 15) is 14.0 Å². The summed E-state index contributed by atoms with van der Waals surface area (Å²) in [6.45, 7) is 0.734. The van der Waals surface area contributed by atoms with Crippen LogP contribution in [0.15, 0.2) is 29.4 Å². The minimum atomic E-state index is -0.529. The van der Waals surface area contributed by atoms with E-state index in [0.717, 1.165) is 0 Å². The van der Waals surface area contributed by atoms with Crippen LogP contribution in [0, 0.1) is 5.82 Å². The molecule has 0 radical (unpaired) electrons. The first kappa shape index (κ1) is 15.8. The van der Waals surface area contributed by atoms with E-state index in [4.69, 9.17) is 4.74 Å². The molecule has 1 rings (SSSR count). The van der Waals surface area contributed by atoms with Crippen molar-refractivity contribution < 1.29 is 18.7 Å². The van der Waals surface area contributed by atoms with Crippen LogP contribution in [0.4, 0.5) is 4.39 Å². The fraction of sp³-hybridized carbons (Fsp3) is 0.308. The Labute approximate surface area is 116 Å². The molecule has 0 aliphatic rings. The standard InChI is InChI=1S/C13H16FN3O3/c1-20-7-6-15-12(18)8-13(19)17-16-9-10-2-4-11(14)5-3-10/h2-5,9H,6-8H2,1H3,(H,15,18)(H,17,19)/b16-9+. The number of nitrogens with one attached hydrogen (secondary N) is 2. The summed E-state index contributed by atoms with van der Waals surface area (Å²) < 4.78 is 17.4. The number of methoxy groups -OCH3 is 1.